The van der Waals surface area contributed by atoms with Crippen molar-refractivity contribution >= 4 is 39.8 Å². The van der Waals surface area contributed by atoms with Crippen LogP contribution in [0.1, 0.15) is 23.2 Å². The molecule has 0 spiro atoms. The van der Waals surface area contributed by atoms with Gasteiger partial charge in [-0.25, -0.2) is 0 Å². The van der Waals surface area contributed by atoms with E-state index in [0.717, 1.165) is 34.4 Å². The molecule has 0 unspecified atom stereocenters. The van der Waals surface area contributed by atoms with E-state index in [2.05, 4.69) is 33.2 Å². The van der Waals surface area contributed by atoms with Gasteiger partial charge in [-0.1, -0.05) is 0 Å². The van der Waals surface area contributed by atoms with Gasteiger partial charge in [0.1, 0.15) is 0 Å². The number of carbonyl (C=O) groups is 1. The molecule has 0 radical (unpaired) electrons. The van der Waals surface area contributed by atoms with E-state index < -0.39 is 0 Å². The van der Waals surface area contributed by atoms with E-state index in [1.165, 1.54) is 0 Å². The van der Waals surface area contributed by atoms with Crippen molar-refractivity contribution in [1.29, 1.82) is 0 Å². The highest BCUT2D eigenvalue weighted by Crippen LogP contribution is 2.16. The molecule has 0 aromatic carbocycles. The zero-order chi connectivity index (χ0) is 12.8. The fourth-order valence-corrected chi connectivity index (χ4v) is 3.21. The fraction of sp³-hybridized carbons (Fsp3) is 0.583. The molecular weight excluding hydrogens is 363 g/mol. The molecule has 0 bridgehead atoms. The van der Waals surface area contributed by atoms with Crippen LogP contribution >= 0.6 is 33.9 Å². The zero-order valence-corrected chi connectivity index (χ0v) is 13.1. The predicted molar refractivity (Wildman–Crippen MR) is 81.2 cm³/mol. The van der Waals surface area contributed by atoms with Crippen molar-refractivity contribution in [3.05, 3.63) is 19.9 Å². The third-order valence-electron chi connectivity index (χ3n) is 2.86. The predicted octanol–water partition coefficient (Wildman–Crippen LogP) is 1.85. The van der Waals surface area contributed by atoms with E-state index in [1.54, 1.807) is 11.3 Å². The number of piperidine rings is 1. The Hall–Kier alpha value is -0.180. The molecule has 2 rings (SSSR count). The molecule has 0 aliphatic carbocycles. The lowest BCUT2D eigenvalue weighted by Crippen LogP contribution is -2.34. The fourth-order valence-electron chi connectivity index (χ4n) is 1.88. The van der Waals surface area contributed by atoms with Gasteiger partial charge < -0.3 is 15.4 Å². The first kappa shape index (κ1) is 14.2. The van der Waals surface area contributed by atoms with Gasteiger partial charge in [0.05, 0.1) is 21.2 Å². The second-order valence-corrected chi connectivity index (χ2v) is 7.02. The molecule has 1 aliphatic heterocycles. The summed E-state index contributed by atoms with van der Waals surface area (Å²) in [6.07, 6.45) is 2.48. The minimum atomic E-state index is -0.0110. The van der Waals surface area contributed by atoms with Crippen molar-refractivity contribution < 1.29 is 9.53 Å². The van der Waals surface area contributed by atoms with E-state index in [-0.39, 0.29) is 5.91 Å². The van der Waals surface area contributed by atoms with Crippen molar-refractivity contribution in [2.75, 3.05) is 26.2 Å². The molecule has 1 aromatic heterocycles. The molecule has 18 heavy (non-hydrogen) atoms. The van der Waals surface area contributed by atoms with Gasteiger partial charge >= 0.3 is 0 Å². The largest absolute Gasteiger partial charge is 0.376 e. The van der Waals surface area contributed by atoms with Crippen molar-refractivity contribution in [3.8, 4) is 0 Å². The van der Waals surface area contributed by atoms with Gasteiger partial charge in [-0.3, -0.25) is 4.79 Å². The molecule has 1 saturated heterocycles. The quantitative estimate of drug-likeness (QED) is 0.606. The van der Waals surface area contributed by atoms with Gasteiger partial charge in [-0.15, -0.1) is 11.3 Å². The van der Waals surface area contributed by atoms with E-state index in [4.69, 9.17) is 4.74 Å². The minimum Gasteiger partial charge on any atom is -0.376 e. The number of halogens is 1. The first-order valence-corrected chi connectivity index (χ1v) is 8.06. The summed E-state index contributed by atoms with van der Waals surface area (Å²) in [5.41, 5.74) is 0.742. The molecule has 2 N–H and O–H groups in total. The monoisotopic (exact) mass is 380 g/mol. The van der Waals surface area contributed by atoms with Crippen LogP contribution in [0.5, 0.6) is 0 Å². The van der Waals surface area contributed by atoms with E-state index in [0.29, 0.717) is 19.3 Å². The summed E-state index contributed by atoms with van der Waals surface area (Å²) in [6, 6.07) is 1.90. The summed E-state index contributed by atoms with van der Waals surface area (Å²) in [7, 11) is 0. The average molecular weight is 380 g/mol. The second-order valence-electron chi connectivity index (χ2n) is 4.22. The number of hydrogen-bond donors (Lipinski definition) is 2. The van der Waals surface area contributed by atoms with Crippen LogP contribution in [-0.2, 0) is 4.74 Å². The number of hydrogen-bond acceptors (Lipinski definition) is 4. The van der Waals surface area contributed by atoms with Gasteiger partial charge in [0.25, 0.3) is 5.91 Å². The highest BCUT2D eigenvalue weighted by atomic mass is 127. The molecule has 6 heteroatoms. The van der Waals surface area contributed by atoms with Crippen LogP contribution < -0.4 is 10.6 Å². The SMILES string of the molecule is O=C(NCCOC1CCNCC1)c1csc(I)c1. The minimum absolute atomic E-state index is 0.0110. The van der Waals surface area contributed by atoms with E-state index in [9.17, 15) is 4.79 Å². The highest BCUT2D eigenvalue weighted by Gasteiger charge is 2.13. The third-order valence-corrected chi connectivity index (χ3v) is 4.65. The second kappa shape index (κ2) is 7.42. The lowest BCUT2D eigenvalue weighted by molar-refractivity contribution is 0.0343. The Morgan fingerprint density at radius 1 is 1.56 bits per heavy atom. The van der Waals surface area contributed by atoms with Gasteiger partial charge in [-0.2, -0.15) is 0 Å². The number of thiophene rings is 1. The lowest BCUT2D eigenvalue weighted by Gasteiger charge is -2.22. The Kier molecular flexibility index (Phi) is 5.87. The van der Waals surface area contributed by atoms with Crippen LogP contribution in [0, 0.1) is 2.88 Å². The topological polar surface area (TPSA) is 50.4 Å². The van der Waals surface area contributed by atoms with Crippen molar-refractivity contribution in [3.63, 3.8) is 0 Å². The molecular formula is C12H17IN2O2S. The number of amides is 1. The van der Waals surface area contributed by atoms with Crippen molar-refractivity contribution in [1.82, 2.24) is 10.6 Å². The van der Waals surface area contributed by atoms with Gasteiger partial charge in [-0.05, 0) is 54.6 Å². The molecule has 0 atom stereocenters. The van der Waals surface area contributed by atoms with Crippen LogP contribution in [0.3, 0.4) is 0 Å². The Morgan fingerprint density at radius 3 is 3.00 bits per heavy atom. The Balaban J connectivity index is 1.61. The van der Waals surface area contributed by atoms with Crippen LogP contribution in [0.2, 0.25) is 0 Å². The molecule has 0 saturated carbocycles. The highest BCUT2D eigenvalue weighted by molar-refractivity contribution is 14.1. The van der Waals surface area contributed by atoms with Gasteiger partial charge in [0.15, 0.2) is 0 Å². The average Bonchev–Trinajstić information content (AvgIpc) is 2.82. The molecule has 4 nitrogen and oxygen atoms in total. The van der Waals surface area contributed by atoms with Crippen molar-refractivity contribution in [2.45, 2.75) is 18.9 Å². The Morgan fingerprint density at radius 2 is 2.33 bits per heavy atom. The summed E-state index contributed by atoms with van der Waals surface area (Å²) >= 11 is 3.80. The number of rotatable bonds is 5. The Labute approximate surface area is 125 Å². The maximum absolute atomic E-state index is 11.7. The molecule has 1 aliphatic rings. The summed E-state index contributed by atoms with van der Waals surface area (Å²) in [5, 5.41) is 8.05. The standard InChI is InChI=1S/C12H17IN2O2S/c13-11-7-9(8-18-11)12(16)15-5-6-17-10-1-3-14-4-2-10/h7-8,10,14H,1-6H2,(H,15,16). The maximum Gasteiger partial charge on any atom is 0.252 e. The lowest BCUT2D eigenvalue weighted by atomic mass is 10.1. The van der Waals surface area contributed by atoms with Crippen LogP contribution in [0.25, 0.3) is 0 Å². The summed E-state index contributed by atoms with van der Waals surface area (Å²) < 4.78 is 6.85. The molecule has 1 fully saturated rings. The van der Waals surface area contributed by atoms with Crippen molar-refractivity contribution in [2.24, 2.45) is 0 Å². The Bertz CT molecular complexity index is 391. The summed E-state index contributed by atoms with van der Waals surface area (Å²) in [4.78, 5) is 11.7. The summed E-state index contributed by atoms with van der Waals surface area (Å²) in [5.74, 6) is -0.0110. The smallest absolute Gasteiger partial charge is 0.252 e. The van der Waals surface area contributed by atoms with Crippen LogP contribution in [0.4, 0.5) is 0 Å². The third kappa shape index (κ3) is 4.49. The zero-order valence-electron chi connectivity index (χ0n) is 10.1. The normalized spacial score (nSPS) is 16.7. The molecule has 100 valence electrons. The molecule has 1 amide bonds. The van der Waals surface area contributed by atoms with Gasteiger partial charge in [0, 0.05) is 11.9 Å². The van der Waals surface area contributed by atoms with E-state index in [1.807, 2.05) is 11.4 Å². The van der Waals surface area contributed by atoms with Crippen LogP contribution in [0.15, 0.2) is 11.4 Å². The summed E-state index contributed by atoms with van der Waals surface area (Å²) in [6.45, 7) is 3.24. The number of ether oxygens (including phenoxy) is 1. The van der Waals surface area contributed by atoms with E-state index >= 15 is 0 Å². The number of carbonyl (C=O) groups excluding carboxylic acids is 1. The first-order valence-electron chi connectivity index (χ1n) is 6.10. The number of nitrogens with one attached hydrogen (secondary N) is 2. The molecule has 2 heterocycles. The van der Waals surface area contributed by atoms with Gasteiger partial charge in [0.2, 0.25) is 0 Å². The van der Waals surface area contributed by atoms with Crippen LogP contribution in [-0.4, -0.2) is 38.3 Å². The molecule has 1 aromatic rings. The first-order chi connectivity index (χ1) is 8.75. The maximum atomic E-state index is 11.7.